The van der Waals surface area contributed by atoms with E-state index in [9.17, 15) is 14.7 Å². The zero-order valence-corrected chi connectivity index (χ0v) is 13.7. The fourth-order valence-corrected chi connectivity index (χ4v) is 2.30. The summed E-state index contributed by atoms with van der Waals surface area (Å²) in [4.78, 5) is 31.9. The molecule has 0 saturated heterocycles. The maximum Gasteiger partial charge on any atom is 0.333 e. The average Bonchev–Trinajstić information content (AvgIpc) is 3.12. The number of rotatable bonds is 4. The van der Waals surface area contributed by atoms with Gasteiger partial charge < -0.3 is 5.11 Å². The van der Waals surface area contributed by atoms with Crippen molar-refractivity contribution in [3.05, 3.63) is 68.9 Å². The molecule has 25 heavy (non-hydrogen) atoms. The van der Waals surface area contributed by atoms with Gasteiger partial charge in [-0.05, 0) is 17.7 Å². The summed E-state index contributed by atoms with van der Waals surface area (Å²) >= 11 is 0. The number of aliphatic imine (C=N–C) groups is 1. The molecule has 0 fully saturated rings. The van der Waals surface area contributed by atoms with Crippen molar-refractivity contribution in [3.63, 3.8) is 0 Å². The second kappa shape index (κ2) is 6.56. The van der Waals surface area contributed by atoms with Gasteiger partial charge in [0, 0.05) is 20.3 Å². The number of hydrogen-bond donors (Lipinski definition) is 1. The topological polar surface area (TPSA) is 107 Å². The Hall–Kier alpha value is -3.49. The molecule has 0 unspecified atom stereocenters. The molecule has 0 saturated carbocycles. The molecule has 3 rings (SSSR count). The molecule has 0 radical (unpaired) electrons. The van der Waals surface area contributed by atoms with Crippen LogP contribution < -0.4 is 11.2 Å². The van der Waals surface area contributed by atoms with E-state index in [0.29, 0.717) is 12.2 Å². The third kappa shape index (κ3) is 3.25. The molecular formula is C16H16N6O3. The molecule has 0 aliphatic carbocycles. The van der Waals surface area contributed by atoms with Crippen molar-refractivity contribution in [1.82, 2.24) is 23.9 Å². The molecule has 1 aromatic carbocycles. The van der Waals surface area contributed by atoms with Crippen LogP contribution in [0.5, 0.6) is 5.88 Å². The molecule has 1 N–H and O–H groups in total. The van der Waals surface area contributed by atoms with Gasteiger partial charge in [0.15, 0.2) is 0 Å². The van der Waals surface area contributed by atoms with Crippen LogP contribution in [-0.4, -0.2) is 35.2 Å². The number of hydrogen-bond acceptors (Lipinski definition) is 6. The van der Waals surface area contributed by atoms with Crippen LogP contribution in [0, 0.1) is 0 Å². The Balaban J connectivity index is 1.86. The molecule has 128 valence electrons. The maximum absolute atomic E-state index is 12.1. The summed E-state index contributed by atoms with van der Waals surface area (Å²) in [6.07, 6.45) is 4.35. The lowest BCUT2D eigenvalue weighted by Crippen LogP contribution is -2.38. The highest BCUT2D eigenvalue weighted by molar-refractivity contribution is 5.84. The predicted molar refractivity (Wildman–Crippen MR) is 91.4 cm³/mol. The van der Waals surface area contributed by atoms with Crippen LogP contribution in [-0.2, 0) is 20.6 Å². The standard InChI is InChI=1S/C16H16N6O3/c1-20-14(23)13(15(24)21(2)16(20)25)7-18-12-5-3-11(4-6-12)8-22-10-17-9-19-22/h3-7,9-10,23H,8H2,1-2H3. The Labute approximate surface area is 142 Å². The first-order valence-corrected chi connectivity index (χ1v) is 7.42. The minimum Gasteiger partial charge on any atom is -0.494 e. The highest BCUT2D eigenvalue weighted by Gasteiger charge is 2.12. The van der Waals surface area contributed by atoms with Crippen molar-refractivity contribution in [3.8, 4) is 5.88 Å². The van der Waals surface area contributed by atoms with Crippen molar-refractivity contribution in [1.29, 1.82) is 0 Å². The minimum absolute atomic E-state index is 0.0451. The Morgan fingerprint density at radius 3 is 2.52 bits per heavy atom. The van der Waals surface area contributed by atoms with Crippen molar-refractivity contribution < 1.29 is 5.11 Å². The first kappa shape index (κ1) is 16.4. The largest absolute Gasteiger partial charge is 0.494 e. The third-order valence-corrected chi connectivity index (χ3v) is 3.76. The van der Waals surface area contributed by atoms with Crippen LogP contribution in [0.1, 0.15) is 11.1 Å². The second-order valence-corrected chi connectivity index (χ2v) is 5.46. The fourth-order valence-electron chi connectivity index (χ4n) is 2.30. The van der Waals surface area contributed by atoms with E-state index < -0.39 is 17.1 Å². The van der Waals surface area contributed by atoms with Gasteiger partial charge in [-0.2, -0.15) is 5.10 Å². The summed E-state index contributed by atoms with van der Waals surface area (Å²) in [6, 6.07) is 7.33. The molecule has 0 aliphatic heterocycles. The van der Waals surface area contributed by atoms with Crippen molar-refractivity contribution in [2.75, 3.05) is 0 Å². The van der Waals surface area contributed by atoms with Gasteiger partial charge >= 0.3 is 5.69 Å². The van der Waals surface area contributed by atoms with Crippen molar-refractivity contribution in [2.24, 2.45) is 19.1 Å². The van der Waals surface area contributed by atoms with E-state index in [2.05, 4.69) is 15.1 Å². The van der Waals surface area contributed by atoms with Gasteiger partial charge in [-0.25, -0.2) is 14.5 Å². The molecule has 0 bridgehead atoms. The van der Waals surface area contributed by atoms with E-state index in [4.69, 9.17) is 0 Å². The van der Waals surface area contributed by atoms with E-state index in [1.165, 1.54) is 26.6 Å². The van der Waals surface area contributed by atoms with Crippen LogP contribution in [0.2, 0.25) is 0 Å². The summed E-state index contributed by atoms with van der Waals surface area (Å²) in [5.41, 5.74) is 0.378. The Bertz CT molecular complexity index is 1030. The normalized spacial score (nSPS) is 11.3. The maximum atomic E-state index is 12.1. The molecule has 9 heteroatoms. The monoisotopic (exact) mass is 340 g/mol. The number of benzene rings is 1. The van der Waals surface area contributed by atoms with Gasteiger partial charge in [-0.1, -0.05) is 12.1 Å². The number of aromatic nitrogens is 5. The van der Waals surface area contributed by atoms with Gasteiger partial charge in [-0.15, -0.1) is 0 Å². The van der Waals surface area contributed by atoms with Crippen molar-refractivity contribution in [2.45, 2.75) is 6.54 Å². The van der Waals surface area contributed by atoms with Crippen LogP contribution in [0.25, 0.3) is 0 Å². The highest BCUT2D eigenvalue weighted by atomic mass is 16.3. The van der Waals surface area contributed by atoms with Gasteiger partial charge in [0.1, 0.15) is 18.2 Å². The average molecular weight is 340 g/mol. The quantitative estimate of drug-likeness (QED) is 0.682. The fraction of sp³-hybridized carbons (Fsp3) is 0.188. The Morgan fingerprint density at radius 2 is 1.88 bits per heavy atom. The van der Waals surface area contributed by atoms with Gasteiger partial charge in [-0.3, -0.25) is 18.9 Å². The molecule has 2 heterocycles. The molecule has 3 aromatic rings. The molecule has 0 spiro atoms. The molecule has 0 aliphatic rings. The van der Waals surface area contributed by atoms with Crippen LogP contribution in [0.15, 0.2) is 51.5 Å². The van der Waals surface area contributed by atoms with Gasteiger partial charge in [0.2, 0.25) is 5.88 Å². The smallest absolute Gasteiger partial charge is 0.333 e. The van der Waals surface area contributed by atoms with Gasteiger partial charge in [0.05, 0.1) is 12.2 Å². The van der Waals surface area contributed by atoms with E-state index in [1.54, 1.807) is 23.1 Å². The lowest BCUT2D eigenvalue weighted by atomic mass is 10.2. The lowest BCUT2D eigenvalue weighted by Gasteiger charge is -2.07. The van der Waals surface area contributed by atoms with E-state index in [-0.39, 0.29) is 5.56 Å². The number of nitrogens with zero attached hydrogens (tertiary/aromatic N) is 6. The van der Waals surface area contributed by atoms with Gasteiger partial charge in [0.25, 0.3) is 5.56 Å². The Morgan fingerprint density at radius 1 is 1.16 bits per heavy atom. The first-order valence-electron chi connectivity index (χ1n) is 7.42. The lowest BCUT2D eigenvalue weighted by molar-refractivity contribution is 0.410. The van der Waals surface area contributed by atoms with E-state index in [0.717, 1.165) is 14.7 Å². The summed E-state index contributed by atoms with van der Waals surface area (Å²) in [5.74, 6) is -0.417. The first-order chi connectivity index (χ1) is 12.0. The third-order valence-electron chi connectivity index (χ3n) is 3.76. The van der Waals surface area contributed by atoms with Crippen LogP contribution in [0.3, 0.4) is 0 Å². The molecule has 0 atom stereocenters. The SMILES string of the molecule is Cn1c(O)c(C=Nc2ccc(Cn3cncn3)cc2)c(=O)n(C)c1=O. The second-order valence-electron chi connectivity index (χ2n) is 5.46. The van der Waals surface area contributed by atoms with E-state index >= 15 is 0 Å². The van der Waals surface area contributed by atoms with E-state index in [1.807, 2.05) is 12.1 Å². The molecular weight excluding hydrogens is 324 g/mol. The Kier molecular flexibility index (Phi) is 4.29. The van der Waals surface area contributed by atoms with Crippen LogP contribution in [0.4, 0.5) is 5.69 Å². The summed E-state index contributed by atoms with van der Waals surface area (Å²) in [5, 5.41) is 14.0. The summed E-state index contributed by atoms with van der Waals surface area (Å²) in [7, 11) is 2.73. The summed E-state index contributed by atoms with van der Waals surface area (Å²) in [6.45, 7) is 0.589. The molecule has 9 nitrogen and oxygen atoms in total. The molecule has 0 amide bonds. The molecule has 2 aromatic heterocycles. The van der Waals surface area contributed by atoms with Crippen LogP contribution >= 0.6 is 0 Å². The minimum atomic E-state index is -0.604. The zero-order valence-electron chi connectivity index (χ0n) is 13.7. The zero-order chi connectivity index (χ0) is 18.0. The summed E-state index contributed by atoms with van der Waals surface area (Å²) < 4.78 is 3.61. The predicted octanol–water partition coefficient (Wildman–Crippen LogP) is 0.180. The number of aromatic hydroxyl groups is 1. The highest BCUT2D eigenvalue weighted by Crippen LogP contribution is 2.15. The van der Waals surface area contributed by atoms with Crippen molar-refractivity contribution >= 4 is 11.9 Å².